The molecule has 126 valence electrons. The number of carbonyl (C=O) groups is 2. The number of amides is 2. The quantitative estimate of drug-likeness (QED) is 0.806. The SMILES string of the molecule is CCOC(=O)N1CC[NH+]([C@@H](C)C(=O)NCc2ccccc2)CC1. The van der Waals surface area contributed by atoms with Crippen molar-refractivity contribution in [3.63, 3.8) is 0 Å². The molecule has 1 aliphatic rings. The first-order chi connectivity index (χ1) is 11.1. The van der Waals surface area contributed by atoms with Crippen molar-refractivity contribution in [2.45, 2.75) is 26.4 Å². The molecule has 0 bridgehead atoms. The zero-order valence-electron chi connectivity index (χ0n) is 13.9. The molecule has 0 radical (unpaired) electrons. The molecule has 0 aliphatic carbocycles. The molecule has 1 fully saturated rings. The molecule has 0 unspecified atom stereocenters. The van der Waals surface area contributed by atoms with Crippen LogP contribution < -0.4 is 10.2 Å². The van der Waals surface area contributed by atoms with Gasteiger partial charge < -0.3 is 15.0 Å². The number of ether oxygens (including phenoxy) is 1. The van der Waals surface area contributed by atoms with E-state index in [4.69, 9.17) is 4.74 Å². The van der Waals surface area contributed by atoms with Crippen LogP contribution >= 0.6 is 0 Å². The van der Waals surface area contributed by atoms with Gasteiger partial charge in [-0.25, -0.2) is 4.79 Å². The lowest BCUT2D eigenvalue weighted by molar-refractivity contribution is -0.918. The Morgan fingerprint density at radius 3 is 2.52 bits per heavy atom. The number of hydrogen-bond acceptors (Lipinski definition) is 3. The lowest BCUT2D eigenvalue weighted by Gasteiger charge is -2.34. The van der Waals surface area contributed by atoms with Crippen LogP contribution in [0.2, 0.25) is 0 Å². The van der Waals surface area contributed by atoms with Gasteiger partial charge in [0, 0.05) is 6.54 Å². The highest BCUT2D eigenvalue weighted by Gasteiger charge is 2.31. The van der Waals surface area contributed by atoms with Gasteiger partial charge in [0.05, 0.1) is 32.8 Å². The molecule has 0 aromatic heterocycles. The topological polar surface area (TPSA) is 63.1 Å². The van der Waals surface area contributed by atoms with Crippen LogP contribution in [0.1, 0.15) is 19.4 Å². The van der Waals surface area contributed by atoms with Crippen LogP contribution in [0.25, 0.3) is 0 Å². The Morgan fingerprint density at radius 2 is 1.91 bits per heavy atom. The standard InChI is InChI=1S/C17H25N3O3/c1-3-23-17(22)20-11-9-19(10-12-20)14(2)16(21)18-13-15-7-5-4-6-8-15/h4-8,14H,3,9-13H2,1-2H3,(H,18,21)/p+1/t14-/m0/s1. The fourth-order valence-electron chi connectivity index (χ4n) is 2.75. The predicted molar refractivity (Wildman–Crippen MR) is 87.0 cm³/mol. The normalized spacial score (nSPS) is 16.7. The van der Waals surface area contributed by atoms with E-state index in [1.807, 2.05) is 37.3 Å². The second kappa shape index (κ2) is 8.53. The number of carbonyl (C=O) groups excluding carboxylic acids is 2. The lowest BCUT2D eigenvalue weighted by Crippen LogP contribution is -3.19. The maximum atomic E-state index is 12.3. The molecular formula is C17H26N3O3+. The first-order valence-electron chi connectivity index (χ1n) is 8.19. The monoisotopic (exact) mass is 320 g/mol. The van der Waals surface area contributed by atoms with Crippen LogP contribution in [0.5, 0.6) is 0 Å². The molecule has 1 aromatic rings. The minimum atomic E-state index is -0.257. The summed E-state index contributed by atoms with van der Waals surface area (Å²) in [6.45, 7) is 7.47. The number of nitrogens with one attached hydrogen (secondary N) is 2. The highest BCUT2D eigenvalue weighted by molar-refractivity contribution is 5.79. The largest absolute Gasteiger partial charge is 0.450 e. The molecule has 23 heavy (non-hydrogen) atoms. The Kier molecular flexibility index (Phi) is 6.40. The number of piperazine rings is 1. The molecular weight excluding hydrogens is 294 g/mol. The van der Waals surface area contributed by atoms with Crippen LogP contribution in [0.15, 0.2) is 30.3 Å². The summed E-state index contributed by atoms with van der Waals surface area (Å²) in [4.78, 5) is 26.9. The molecule has 2 rings (SSSR count). The Labute approximate surface area is 137 Å². The number of quaternary nitrogens is 1. The summed E-state index contributed by atoms with van der Waals surface area (Å²) in [5.74, 6) is 0.0495. The van der Waals surface area contributed by atoms with Gasteiger partial charge in [-0.3, -0.25) is 9.69 Å². The van der Waals surface area contributed by atoms with Crippen molar-refractivity contribution in [1.82, 2.24) is 10.2 Å². The lowest BCUT2D eigenvalue weighted by atomic mass is 10.2. The van der Waals surface area contributed by atoms with Gasteiger partial charge in [0.15, 0.2) is 6.04 Å². The second-order valence-electron chi connectivity index (χ2n) is 5.77. The maximum Gasteiger partial charge on any atom is 0.410 e. The number of nitrogens with zero attached hydrogens (tertiary/aromatic N) is 1. The first kappa shape index (κ1) is 17.3. The first-order valence-corrected chi connectivity index (χ1v) is 8.19. The molecule has 1 heterocycles. The van der Waals surface area contributed by atoms with Crippen molar-refractivity contribution in [2.24, 2.45) is 0 Å². The Morgan fingerprint density at radius 1 is 1.26 bits per heavy atom. The fourth-order valence-corrected chi connectivity index (χ4v) is 2.75. The van der Waals surface area contributed by atoms with E-state index in [0.29, 0.717) is 26.2 Å². The molecule has 1 saturated heterocycles. The zero-order valence-corrected chi connectivity index (χ0v) is 13.9. The third-order valence-electron chi connectivity index (χ3n) is 4.25. The van der Waals surface area contributed by atoms with Gasteiger partial charge >= 0.3 is 6.09 Å². The minimum absolute atomic E-state index is 0.0495. The molecule has 2 N–H and O–H groups in total. The summed E-state index contributed by atoms with van der Waals surface area (Å²) >= 11 is 0. The van der Waals surface area contributed by atoms with E-state index < -0.39 is 0 Å². The Hall–Kier alpha value is -2.08. The van der Waals surface area contributed by atoms with Crippen molar-refractivity contribution in [2.75, 3.05) is 32.8 Å². The van der Waals surface area contributed by atoms with Gasteiger partial charge in [0.1, 0.15) is 0 Å². The van der Waals surface area contributed by atoms with Gasteiger partial charge in [0.2, 0.25) is 0 Å². The summed E-state index contributed by atoms with van der Waals surface area (Å²) in [6.07, 6.45) is -0.257. The van der Waals surface area contributed by atoms with E-state index in [1.54, 1.807) is 11.8 Å². The second-order valence-corrected chi connectivity index (χ2v) is 5.77. The highest BCUT2D eigenvalue weighted by Crippen LogP contribution is 1.98. The van der Waals surface area contributed by atoms with Crippen molar-refractivity contribution in [3.8, 4) is 0 Å². The van der Waals surface area contributed by atoms with Crippen molar-refractivity contribution >= 4 is 12.0 Å². The van der Waals surface area contributed by atoms with Crippen LogP contribution in [-0.4, -0.2) is 55.7 Å². The van der Waals surface area contributed by atoms with Crippen LogP contribution in [0.3, 0.4) is 0 Å². The number of rotatable bonds is 5. The molecule has 6 heteroatoms. The van der Waals surface area contributed by atoms with Gasteiger partial charge in [0.25, 0.3) is 5.91 Å². The summed E-state index contributed by atoms with van der Waals surface area (Å²) in [7, 11) is 0. The zero-order chi connectivity index (χ0) is 16.7. The smallest absolute Gasteiger partial charge is 0.410 e. The van der Waals surface area contributed by atoms with E-state index in [0.717, 1.165) is 18.7 Å². The molecule has 0 spiro atoms. The predicted octanol–water partition coefficient (Wildman–Crippen LogP) is 0.0483. The third kappa shape index (κ3) is 4.96. The minimum Gasteiger partial charge on any atom is -0.450 e. The Bertz CT molecular complexity index is 513. The van der Waals surface area contributed by atoms with Gasteiger partial charge in [-0.05, 0) is 19.4 Å². The molecule has 0 saturated carbocycles. The van der Waals surface area contributed by atoms with E-state index >= 15 is 0 Å². The van der Waals surface area contributed by atoms with Crippen molar-refractivity contribution < 1.29 is 19.2 Å². The fraction of sp³-hybridized carbons (Fsp3) is 0.529. The van der Waals surface area contributed by atoms with Crippen LogP contribution in [0, 0.1) is 0 Å². The number of benzene rings is 1. The molecule has 2 amide bonds. The molecule has 1 aromatic carbocycles. The molecule has 1 atom stereocenters. The number of hydrogen-bond donors (Lipinski definition) is 2. The van der Waals surface area contributed by atoms with Crippen molar-refractivity contribution in [1.29, 1.82) is 0 Å². The van der Waals surface area contributed by atoms with Crippen LogP contribution in [-0.2, 0) is 16.1 Å². The third-order valence-corrected chi connectivity index (χ3v) is 4.25. The van der Waals surface area contributed by atoms with Crippen LogP contribution in [0.4, 0.5) is 4.79 Å². The average Bonchev–Trinajstić information content (AvgIpc) is 2.60. The highest BCUT2D eigenvalue weighted by atomic mass is 16.6. The molecule has 1 aliphatic heterocycles. The van der Waals surface area contributed by atoms with E-state index in [2.05, 4.69) is 5.32 Å². The Balaban J connectivity index is 1.76. The summed E-state index contributed by atoms with van der Waals surface area (Å²) in [6, 6.07) is 9.76. The van der Waals surface area contributed by atoms with Gasteiger partial charge in [-0.2, -0.15) is 0 Å². The van der Waals surface area contributed by atoms with Crippen molar-refractivity contribution in [3.05, 3.63) is 35.9 Å². The summed E-state index contributed by atoms with van der Waals surface area (Å²) in [5.41, 5.74) is 1.09. The van der Waals surface area contributed by atoms with E-state index in [1.165, 1.54) is 4.90 Å². The average molecular weight is 320 g/mol. The van der Waals surface area contributed by atoms with Gasteiger partial charge in [-0.15, -0.1) is 0 Å². The summed E-state index contributed by atoms with van der Waals surface area (Å²) in [5, 5.41) is 2.99. The molecule has 6 nitrogen and oxygen atoms in total. The summed E-state index contributed by atoms with van der Waals surface area (Å²) < 4.78 is 5.01. The maximum absolute atomic E-state index is 12.3. The van der Waals surface area contributed by atoms with E-state index in [-0.39, 0.29) is 18.0 Å². The van der Waals surface area contributed by atoms with E-state index in [9.17, 15) is 9.59 Å². The van der Waals surface area contributed by atoms with Gasteiger partial charge in [-0.1, -0.05) is 30.3 Å².